The SMILES string of the molecule is O=c1ccc(-c2nc(-c3ccc(F)cc3)no2)nn1Cc1ccc(F)cc1. The highest BCUT2D eigenvalue weighted by Crippen LogP contribution is 2.20. The second-order valence-electron chi connectivity index (χ2n) is 5.77. The number of aromatic nitrogens is 4. The Bertz CT molecular complexity index is 1140. The lowest BCUT2D eigenvalue weighted by atomic mass is 10.2. The van der Waals surface area contributed by atoms with Gasteiger partial charge >= 0.3 is 0 Å². The largest absolute Gasteiger partial charge is 0.332 e. The lowest BCUT2D eigenvalue weighted by Crippen LogP contribution is -2.22. The second-order valence-corrected chi connectivity index (χ2v) is 5.77. The molecule has 2 aromatic carbocycles. The van der Waals surface area contributed by atoms with Crippen molar-refractivity contribution in [2.75, 3.05) is 0 Å². The molecule has 27 heavy (non-hydrogen) atoms. The molecule has 4 aromatic rings. The Kier molecular flexibility index (Phi) is 4.29. The molecule has 0 saturated carbocycles. The molecule has 2 heterocycles. The summed E-state index contributed by atoms with van der Waals surface area (Å²) in [7, 11) is 0. The van der Waals surface area contributed by atoms with Crippen molar-refractivity contribution in [3.05, 3.63) is 88.2 Å². The molecule has 8 heteroatoms. The molecule has 2 aromatic heterocycles. The molecule has 0 saturated heterocycles. The first-order valence-corrected chi connectivity index (χ1v) is 8.01. The highest BCUT2D eigenvalue weighted by atomic mass is 19.1. The van der Waals surface area contributed by atoms with E-state index in [4.69, 9.17) is 4.52 Å². The van der Waals surface area contributed by atoms with Crippen LogP contribution in [0.2, 0.25) is 0 Å². The van der Waals surface area contributed by atoms with Gasteiger partial charge in [0.15, 0.2) is 0 Å². The average Bonchev–Trinajstić information content (AvgIpc) is 3.16. The maximum atomic E-state index is 13.0. The van der Waals surface area contributed by atoms with Crippen LogP contribution in [0.5, 0.6) is 0 Å². The molecule has 0 radical (unpaired) electrons. The molecule has 0 bridgehead atoms. The number of nitrogens with zero attached hydrogens (tertiary/aromatic N) is 4. The molecule has 0 fully saturated rings. The van der Waals surface area contributed by atoms with Crippen LogP contribution >= 0.6 is 0 Å². The van der Waals surface area contributed by atoms with Crippen molar-refractivity contribution in [1.29, 1.82) is 0 Å². The molecule has 0 atom stereocenters. The fraction of sp³-hybridized carbons (Fsp3) is 0.0526. The first-order chi connectivity index (χ1) is 13.1. The van der Waals surface area contributed by atoms with Gasteiger partial charge in [-0.05, 0) is 48.0 Å². The van der Waals surface area contributed by atoms with Gasteiger partial charge in [0.25, 0.3) is 11.4 Å². The third-order valence-corrected chi connectivity index (χ3v) is 3.86. The van der Waals surface area contributed by atoms with Gasteiger partial charge < -0.3 is 4.52 Å². The lowest BCUT2D eigenvalue weighted by Gasteiger charge is -2.05. The lowest BCUT2D eigenvalue weighted by molar-refractivity contribution is 0.429. The minimum absolute atomic E-state index is 0.127. The van der Waals surface area contributed by atoms with Crippen molar-refractivity contribution >= 4 is 0 Å². The van der Waals surface area contributed by atoms with Crippen LogP contribution in [0.25, 0.3) is 23.0 Å². The topological polar surface area (TPSA) is 73.8 Å². The fourth-order valence-electron chi connectivity index (χ4n) is 2.48. The first-order valence-electron chi connectivity index (χ1n) is 8.01. The molecule has 0 aliphatic carbocycles. The number of hydrogen-bond acceptors (Lipinski definition) is 5. The molecule has 4 rings (SSSR count). The molecule has 134 valence electrons. The first kappa shape index (κ1) is 16.8. The van der Waals surface area contributed by atoms with Gasteiger partial charge in [-0.15, -0.1) is 0 Å². The number of halogens is 2. The van der Waals surface area contributed by atoms with Crippen molar-refractivity contribution in [3.63, 3.8) is 0 Å². The summed E-state index contributed by atoms with van der Waals surface area (Å²) in [5.41, 5.74) is 1.31. The Labute approximate surface area is 151 Å². The minimum atomic E-state index is -0.364. The monoisotopic (exact) mass is 366 g/mol. The van der Waals surface area contributed by atoms with E-state index < -0.39 is 0 Å². The smallest absolute Gasteiger partial charge is 0.278 e. The second kappa shape index (κ2) is 6.91. The molecular formula is C19H12F2N4O2. The number of hydrogen-bond donors (Lipinski definition) is 0. The molecule has 0 spiro atoms. The summed E-state index contributed by atoms with van der Waals surface area (Å²) in [6, 6.07) is 14.3. The standard InChI is InChI=1S/C19H12F2N4O2/c20-14-5-1-12(2-6-14)11-25-17(26)10-9-16(23-25)19-22-18(24-27-19)13-3-7-15(21)8-4-13/h1-10H,11H2. The summed E-state index contributed by atoms with van der Waals surface area (Å²) >= 11 is 0. The Hall–Kier alpha value is -3.68. The summed E-state index contributed by atoms with van der Waals surface area (Å²) in [5.74, 6) is -0.311. The predicted octanol–water partition coefficient (Wildman–Crippen LogP) is 3.29. The van der Waals surface area contributed by atoms with Crippen LogP contribution in [-0.2, 0) is 6.54 Å². The van der Waals surface area contributed by atoms with Crippen LogP contribution in [-0.4, -0.2) is 19.9 Å². The molecular weight excluding hydrogens is 354 g/mol. The normalized spacial score (nSPS) is 10.9. The molecule has 6 nitrogen and oxygen atoms in total. The van der Waals surface area contributed by atoms with Crippen LogP contribution in [0.3, 0.4) is 0 Å². The summed E-state index contributed by atoms with van der Waals surface area (Å²) in [6.07, 6.45) is 0. The van der Waals surface area contributed by atoms with Crippen LogP contribution < -0.4 is 5.56 Å². The maximum absolute atomic E-state index is 13.0. The quantitative estimate of drug-likeness (QED) is 0.554. The predicted molar refractivity (Wildman–Crippen MR) is 92.7 cm³/mol. The zero-order valence-electron chi connectivity index (χ0n) is 13.8. The van der Waals surface area contributed by atoms with E-state index >= 15 is 0 Å². The van der Waals surface area contributed by atoms with Crippen LogP contribution in [0.4, 0.5) is 8.78 Å². The van der Waals surface area contributed by atoms with E-state index in [1.54, 1.807) is 12.1 Å². The van der Waals surface area contributed by atoms with Gasteiger partial charge in [0.2, 0.25) is 5.82 Å². The van der Waals surface area contributed by atoms with E-state index in [2.05, 4.69) is 15.2 Å². The van der Waals surface area contributed by atoms with Gasteiger partial charge in [-0.2, -0.15) is 10.1 Å². The summed E-state index contributed by atoms with van der Waals surface area (Å²) in [6.45, 7) is 0.173. The van der Waals surface area contributed by atoms with Crippen molar-refractivity contribution in [1.82, 2.24) is 19.9 Å². The molecule has 0 amide bonds. The summed E-state index contributed by atoms with van der Waals surface area (Å²) in [5, 5.41) is 8.10. The Morgan fingerprint density at radius 3 is 2.26 bits per heavy atom. The molecule has 0 aliphatic rings. The van der Waals surface area contributed by atoms with Crippen molar-refractivity contribution in [2.24, 2.45) is 0 Å². The van der Waals surface area contributed by atoms with E-state index in [-0.39, 0.29) is 35.5 Å². The molecule has 0 aliphatic heterocycles. The third kappa shape index (κ3) is 3.64. The maximum Gasteiger partial charge on any atom is 0.278 e. The van der Waals surface area contributed by atoms with E-state index in [0.717, 1.165) is 5.56 Å². The highest BCUT2D eigenvalue weighted by molar-refractivity contribution is 5.57. The Balaban J connectivity index is 1.64. The Morgan fingerprint density at radius 1 is 0.889 bits per heavy atom. The van der Waals surface area contributed by atoms with Gasteiger partial charge in [0.05, 0.1) is 6.54 Å². The number of rotatable bonds is 4. The molecule has 0 N–H and O–H groups in total. The third-order valence-electron chi connectivity index (χ3n) is 3.86. The summed E-state index contributed by atoms with van der Waals surface area (Å²) in [4.78, 5) is 16.3. The zero-order valence-corrected chi connectivity index (χ0v) is 13.8. The van der Waals surface area contributed by atoms with Gasteiger partial charge in [-0.3, -0.25) is 4.79 Å². The van der Waals surface area contributed by atoms with Gasteiger partial charge in [0, 0.05) is 11.6 Å². The van der Waals surface area contributed by atoms with Crippen molar-refractivity contribution in [2.45, 2.75) is 6.54 Å². The zero-order chi connectivity index (χ0) is 18.8. The van der Waals surface area contributed by atoms with E-state index in [0.29, 0.717) is 11.3 Å². The Morgan fingerprint density at radius 2 is 1.56 bits per heavy atom. The van der Waals surface area contributed by atoms with Crippen LogP contribution in [0.1, 0.15) is 5.56 Å². The number of benzene rings is 2. The van der Waals surface area contributed by atoms with Crippen molar-refractivity contribution < 1.29 is 13.3 Å². The fourth-order valence-corrected chi connectivity index (χ4v) is 2.48. The van der Waals surface area contributed by atoms with E-state index in [1.807, 2.05) is 0 Å². The minimum Gasteiger partial charge on any atom is -0.332 e. The van der Waals surface area contributed by atoms with Crippen LogP contribution in [0.15, 0.2) is 70.0 Å². The van der Waals surface area contributed by atoms with Crippen molar-refractivity contribution in [3.8, 4) is 23.0 Å². The summed E-state index contributed by atoms with van der Waals surface area (Å²) < 4.78 is 32.5. The molecule has 0 unspecified atom stereocenters. The van der Waals surface area contributed by atoms with E-state index in [9.17, 15) is 13.6 Å². The highest BCUT2D eigenvalue weighted by Gasteiger charge is 2.13. The van der Waals surface area contributed by atoms with Crippen LogP contribution in [0, 0.1) is 11.6 Å². The van der Waals surface area contributed by atoms with Gasteiger partial charge in [0.1, 0.15) is 17.3 Å². The van der Waals surface area contributed by atoms with E-state index in [1.165, 1.54) is 53.2 Å². The van der Waals surface area contributed by atoms with Gasteiger partial charge in [-0.25, -0.2) is 13.5 Å². The average molecular weight is 366 g/mol. The van der Waals surface area contributed by atoms with Gasteiger partial charge in [-0.1, -0.05) is 17.3 Å².